The van der Waals surface area contributed by atoms with Crippen molar-refractivity contribution in [2.75, 3.05) is 19.4 Å². The van der Waals surface area contributed by atoms with Crippen molar-refractivity contribution in [2.45, 2.75) is 13.0 Å². The number of esters is 1. The zero-order valence-electron chi connectivity index (χ0n) is 10.6. The highest BCUT2D eigenvalue weighted by Crippen LogP contribution is 2.22. The van der Waals surface area contributed by atoms with Crippen LogP contribution in [0, 0.1) is 6.92 Å². The minimum Gasteiger partial charge on any atom is -0.467 e. The van der Waals surface area contributed by atoms with Gasteiger partial charge in [0.05, 0.1) is 13.7 Å². The van der Waals surface area contributed by atoms with Crippen LogP contribution in [0.1, 0.15) is 15.9 Å². The number of anilines is 1. The number of ether oxygens (including phenoxy) is 1. The number of carbonyl (C=O) groups excluding carboxylic acids is 2. The van der Waals surface area contributed by atoms with E-state index in [0.717, 1.165) is 7.11 Å². The second kappa shape index (κ2) is 6.53. The highest BCUT2D eigenvalue weighted by Gasteiger charge is 2.18. The van der Waals surface area contributed by atoms with E-state index in [-0.39, 0.29) is 6.54 Å². The molecule has 7 heteroatoms. The first-order valence-corrected chi connectivity index (χ1v) is 6.25. The van der Waals surface area contributed by atoms with Gasteiger partial charge in [-0.05, 0) is 24.6 Å². The molecule has 0 saturated heterocycles. The lowest BCUT2D eigenvalue weighted by atomic mass is 10.1. The zero-order valence-corrected chi connectivity index (χ0v) is 12.2. The average molecular weight is 331 g/mol. The number of hydrogen-bond acceptors (Lipinski definition) is 5. The van der Waals surface area contributed by atoms with E-state index >= 15 is 0 Å². The number of amides is 1. The van der Waals surface area contributed by atoms with Crippen LogP contribution in [0.2, 0.25) is 0 Å². The number of carbonyl (C=O) groups is 2. The number of nitrogens with two attached hydrogens (primary N) is 1. The molecule has 0 bridgehead atoms. The number of halogens is 1. The fourth-order valence-corrected chi connectivity index (χ4v) is 1.92. The molecule has 1 atom stereocenters. The summed E-state index contributed by atoms with van der Waals surface area (Å²) in [4.78, 5) is 22.9. The van der Waals surface area contributed by atoms with Crippen LogP contribution >= 0.6 is 15.9 Å². The SMILES string of the molecule is COC(=O)C(O)CNC(=O)c1cc(Br)cc(N)c1C. The van der Waals surface area contributed by atoms with Crippen LogP contribution < -0.4 is 11.1 Å². The molecule has 0 aliphatic heterocycles. The van der Waals surface area contributed by atoms with Crippen molar-refractivity contribution in [3.8, 4) is 0 Å². The molecule has 6 nitrogen and oxygen atoms in total. The normalized spacial score (nSPS) is 11.8. The molecule has 0 radical (unpaired) electrons. The molecule has 0 aliphatic carbocycles. The molecule has 4 N–H and O–H groups in total. The molecule has 1 amide bonds. The monoisotopic (exact) mass is 330 g/mol. The van der Waals surface area contributed by atoms with Crippen LogP contribution in [0.25, 0.3) is 0 Å². The first kappa shape index (κ1) is 15.5. The van der Waals surface area contributed by atoms with Crippen LogP contribution in [0.15, 0.2) is 16.6 Å². The van der Waals surface area contributed by atoms with Gasteiger partial charge in [-0.3, -0.25) is 4.79 Å². The average Bonchev–Trinajstić information content (AvgIpc) is 2.38. The lowest BCUT2D eigenvalue weighted by Crippen LogP contribution is -2.37. The number of aliphatic hydroxyl groups excluding tert-OH is 1. The molecule has 19 heavy (non-hydrogen) atoms. The lowest BCUT2D eigenvalue weighted by Gasteiger charge is -2.12. The topological polar surface area (TPSA) is 102 Å². The standard InChI is InChI=1S/C12H15BrN2O4/c1-6-8(3-7(13)4-9(6)14)11(17)15-5-10(16)12(18)19-2/h3-4,10,16H,5,14H2,1-2H3,(H,15,17). The molecule has 1 unspecified atom stereocenters. The van der Waals surface area contributed by atoms with Gasteiger partial charge in [-0.25, -0.2) is 4.79 Å². The van der Waals surface area contributed by atoms with E-state index in [2.05, 4.69) is 26.0 Å². The second-order valence-electron chi connectivity index (χ2n) is 3.92. The van der Waals surface area contributed by atoms with Crippen LogP contribution in [-0.4, -0.2) is 36.7 Å². The Morgan fingerprint density at radius 1 is 1.53 bits per heavy atom. The summed E-state index contributed by atoms with van der Waals surface area (Å²) < 4.78 is 5.02. The Kier molecular flexibility index (Phi) is 5.31. The maximum atomic E-state index is 11.9. The summed E-state index contributed by atoms with van der Waals surface area (Å²) in [7, 11) is 1.16. The van der Waals surface area contributed by atoms with E-state index in [0.29, 0.717) is 21.3 Å². The summed E-state index contributed by atoms with van der Waals surface area (Å²) in [5.41, 5.74) is 7.24. The molecular weight excluding hydrogens is 316 g/mol. The maximum absolute atomic E-state index is 11.9. The van der Waals surface area contributed by atoms with Crippen LogP contribution in [0.4, 0.5) is 5.69 Å². The number of hydrogen-bond donors (Lipinski definition) is 3. The van der Waals surface area contributed by atoms with Gasteiger partial charge in [0.2, 0.25) is 0 Å². The smallest absolute Gasteiger partial charge is 0.336 e. The van der Waals surface area contributed by atoms with Crippen molar-refractivity contribution in [1.29, 1.82) is 0 Å². The predicted molar refractivity (Wildman–Crippen MR) is 73.6 cm³/mol. The molecule has 1 aromatic carbocycles. The highest BCUT2D eigenvalue weighted by atomic mass is 79.9. The van der Waals surface area contributed by atoms with Gasteiger partial charge in [0.15, 0.2) is 6.10 Å². The fraction of sp³-hybridized carbons (Fsp3) is 0.333. The van der Waals surface area contributed by atoms with Crippen molar-refractivity contribution in [3.05, 3.63) is 27.7 Å². The van der Waals surface area contributed by atoms with E-state index in [9.17, 15) is 14.7 Å². The van der Waals surface area contributed by atoms with Crippen molar-refractivity contribution in [2.24, 2.45) is 0 Å². The number of methoxy groups -OCH3 is 1. The van der Waals surface area contributed by atoms with Gasteiger partial charge in [-0.2, -0.15) is 0 Å². The Balaban J connectivity index is 2.77. The Morgan fingerprint density at radius 3 is 2.74 bits per heavy atom. The molecular formula is C12H15BrN2O4. The van der Waals surface area contributed by atoms with E-state index in [1.807, 2.05) is 0 Å². The molecule has 0 aliphatic rings. The lowest BCUT2D eigenvalue weighted by molar-refractivity contribution is -0.149. The Labute approximate surface area is 119 Å². The van der Waals surface area contributed by atoms with E-state index in [1.54, 1.807) is 19.1 Å². The van der Waals surface area contributed by atoms with Gasteiger partial charge in [-0.15, -0.1) is 0 Å². The molecule has 0 aromatic heterocycles. The van der Waals surface area contributed by atoms with Crippen LogP contribution in [0.3, 0.4) is 0 Å². The van der Waals surface area contributed by atoms with Gasteiger partial charge < -0.3 is 20.9 Å². The molecule has 0 saturated carbocycles. The summed E-state index contributed by atoms with van der Waals surface area (Å²) in [5, 5.41) is 11.8. The van der Waals surface area contributed by atoms with Gasteiger partial charge in [-0.1, -0.05) is 15.9 Å². The number of nitrogen functional groups attached to an aromatic ring is 1. The van der Waals surface area contributed by atoms with E-state index < -0.39 is 18.0 Å². The summed E-state index contributed by atoms with van der Waals surface area (Å²) in [6.07, 6.45) is -1.39. The molecule has 104 valence electrons. The summed E-state index contributed by atoms with van der Waals surface area (Å²) in [6.45, 7) is 1.49. The Hall–Kier alpha value is -1.60. The number of aliphatic hydroxyl groups is 1. The molecule has 1 rings (SSSR count). The molecule has 0 spiro atoms. The minimum atomic E-state index is -1.39. The number of nitrogens with one attached hydrogen (secondary N) is 1. The Morgan fingerprint density at radius 2 is 2.16 bits per heavy atom. The largest absolute Gasteiger partial charge is 0.467 e. The Bertz CT molecular complexity index is 505. The van der Waals surface area contributed by atoms with E-state index in [4.69, 9.17) is 5.73 Å². The summed E-state index contributed by atoms with van der Waals surface area (Å²) >= 11 is 3.25. The molecule has 0 heterocycles. The predicted octanol–water partition coefficient (Wildman–Crippen LogP) is 0.603. The van der Waals surface area contributed by atoms with Crippen LogP contribution in [-0.2, 0) is 9.53 Å². The third-order valence-corrected chi connectivity index (χ3v) is 3.04. The van der Waals surface area contributed by atoms with Crippen molar-refractivity contribution >= 4 is 33.5 Å². The first-order valence-electron chi connectivity index (χ1n) is 5.46. The van der Waals surface area contributed by atoms with Gasteiger partial charge in [0, 0.05) is 15.7 Å². The fourth-order valence-electron chi connectivity index (χ4n) is 1.44. The van der Waals surface area contributed by atoms with E-state index in [1.165, 1.54) is 0 Å². The van der Waals surface area contributed by atoms with Gasteiger partial charge >= 0.3 is 5.97 Å². The van der Waals surface area contributed by atoms with Crippen molar-refractivity contribution < 1.29 is 19.4 Å². The third kappa shape index (κ3) is 3.93. The quantitative estimate of drug-likeness (QED) is 0.554. The maximum Gasteiger partial charge on any atom is 0.336 e. The third-order valence-electron chi connectivity index (χ3n) is 2.59. The van der Waals surface area contributed by atoms with Crippen LogP contribution in [0.5, 0.6) is 0 Å². The number of benzene rings is 1. The second-order valence-corrected chi connectivity index (χ2v) is 4.83. The number of rotatable bonds is 4. The van der Waals surface area contributed by atoms with Crippen molar-refractivity contribution in [1.82, 2.24) is 5.32 Å². The molecule has 0 fully saturated rings. The van der Waals surface area contributed by atoms with Crippen molar-refractivity contribution in [3.63, 3.8) is 0 Å². The summed E-state index contributed by atoms with van der Waals surface area (Å²) in [6, 6.07) is 3.31. The van der Waals surface area contributed by atoms with Gasteiger partial charge in [0.1, 0.15) is 0 Å². The van der Waals surface area contributed by atoms with Gasteiger partial charge in [0.25, 0.3) is 5.91 Å². The first-order chi connectivity index (χ1) is 8.86. The zero-order chi connectivity index (χ0) is 14.6. The summed E-state index contributed by atoms with van der Waals surface area (Å²) in [5.74, 6) is -1.22. The minimum absolute atomic E-state index is 0.225. The molecule has 1 aromatic rings. The highest BCUT2D eigenvalue weighted by molar-refractivity contribution is 9.10.